The van der Waals surface area contributed by atoms with Gasteiger partial charge in [0.05, 0.1) is 13.0 Å². The van der Waals surface area contributed by atoms with Crippen LogP contribution in [-0.4, -0.2) is 29.4 Å². The first kappa shape index (κ1) is 15.8. The van der Waals surface area contributed by atoms with Gasteiger partial charge in [0.1, 0.15) is 0 Å². The highest BCUT2D eigenvalue weighted by Crippen LogP contribution is 2.52. The number of likely N-dealkylation sites (tertiary alicyclic amines) is 1. The summed E-state index contributed by atoms with van der Waals surface area (Å²) in [4.78, 5) is 25.3. The number of benzene rings is 1. The van der Waals surface area contributed by atoms with Crippen LogP contribution >= 0.6 is 0 Å². The van der Waals surface area contributed by atoms with Gasteiger partial charge in [-0.1, -0.05) is 6.07 Å². The molecular formula is C16H16F3NO3. The van der Waals surface area contributed by atoms with Gasteiger partial charge in [-0.2, -0.15) is 0 Å². The summed E-state index contributed by atoms with van der Waals surface area (Å²) in [5, 5.41) is 0. The highest BCUT2D eigenvalue weighted by molar-refractivity contribution is 5.86. The van der Waals surface area contributed by atoms with E-state index >= 15 is 0 Å². The van der Waals surface area contributed by atoms with Gasteiger partial charge in [-0.25, -0.2) is 13.2 Å². The third kappa shape index (κ3) is 2.80. The summed E-state index contributed by atoms with van der Waals surface area (Å²) in [6.07, 6.45) is 0.742. The van der Waals surface area contributed by atoms with Crippen molar-refractivity contribution in [3.05, 3.63) is 35.1 Å². The maximum absolute atomic E-state index is 13.8. The molecule has 3 rings (SSSR count). The van der Waals surface area contributed by atoms with E-state index in [1.807, 2.05) is 0 Å². The second kappa shape index (κ2) is 5.86. The number of piperidine rings is 1. The molecule has 1 aromatic carbocycles. The first-order valence-electron chi connectivity index (χ1n) is 7.52. The van der Waals surface area contributed by atoms with E-state index in [1.54, 1.807) is 6.92 Å². The Kier molecular flexibility index (Phi) is 4.04. The summed E-state index contributed by atoms with van der Waals surface area (Å²) in [5.41, 5.74) is -0.104. The summed E-state index contributed by atoms with van der Waals surface area (Å²) in [7, 11) is 0. The topological polar surface area (TPSA) is 46.6 Å². The molecule has 1 heterocycles. The second-order valence-corrected chi connectivity index (χ2v) is 5.88. The van der Waals surface area contributed by atoms with Crippen molar-refractivity contribution < 1.29 is 27.5 Å². The Morgan fingerprint density at radius 1 is 1.30 bits per heavy atom. The van der Waals surface area contributed by atoms with Gasteiger partial charge in [0.2, 0.25) is 5.91 Å². The van der Waals surface area contributed by atoms with Crippen molar-refractivity contribution in [1.29, 1.82) is 0 Å². The predicted molar refractivity (Wildman–Crippen MR) is 73.5 cm³/mol. The molecule has 2 aliphatic rings. The molecule has 1 amide bonds. The minimum Gasteiger partial charge on any atom is -0.466 e. The molecule has 1 saturated heterocycles. The number of halogens is 3. The van der Waals surface area contributed by atoms with Crippen LogP contribution in [0, 0.1) is 29.3 Å². The molecular weight excluding hydrogens is 311 g/mol. The molecule has 7 heteroatoms. The Morgan fingerprint density at radius 3 is 2.74 bits per heavy atom. The van der Waals surface area contributed by atoms with E-state index < -0.39 is 23.4 Å². The second-order valence-electron chi connectivity index (χ2n) is 5.88. The van der Waals surface area contributed by atoms with Crippen LogP contribution in [-0.2, 0) is 20.9 Å². The Bertz CT molecular complexity index is 664. The average molecular weight is 327 g/mol. The number of hydrogen-bond donors (Lipinski definition) is 0. The molecule has 23 heavy (non-hydrogen) atoms. The van der Waals surface area contributed by atoms with Gasteiger partial charge in [-0.15, -0.1) is 0 Å². The molecule has 4 nitrogen and oxygen atoms in total. The summed E-state index contributed by atoms with van der Waals surface area (Å²) >= 11 is 0. The lowest BCUT2D eigenvalue weighted by molar-refractivity contribution is -0.145. The summed E-state index contributed by atoms with van der Waals surface area (Å²) in [6.45, 7) is 1.75. The Hall–Kier alpha value is -2.05. The van der Waals surface area contributed by atoms with E-state index in [4.69, 9.17) is 4.74 Å². The van der Waals surface area contributed by atoms with Crippen molar-refractivity contribution >= 4 is 11.9 Å². The maximum Gasteiger partial charge on any atom is 0.307 e. The minimum atomic E-state index is -1.55. The van der Waals surface area contributed by atoms with Gasteiger partial charge in [0, 0.05) is 24.1 Å². The molecule has 0 spiro atoms. The van der Waals surface area contributed by atoms with Gasteiger partial charge in [-0.3, -0.25) is 9.59 Å². The monoisotopic (exact) mass is 327 g/mol. The normalized spacial score (nSPS) is 25.5. The number of nitrogens with zero attached hydrogens (tertiary/aromatic N) is 1. The van der Waals surface area contributed by atoms with Gasteiger partial charge < -0.3 is 9.64 Å². The lowest BCUT2D eigenvalue weighted by Crippen LogP contribution is -2.38. The summed E-state index contributed by atoms with van der Waals surface area (Å²) < 4.78 is 45.0. The fourth-order valence-electron chi connectivity index (χ4n) is 3.25. The van der Waals surface area contributed by atoms with E-state index in [2.05, 4.69) is 0 Å². The van der Waals surface area contributed by atoms with E-state index in [1.165, 1.54) is 4.90 Å². The van der Waals surface area contributed by atoms with Gasteiger partial charge in [-0.05, 0) is 25.3 Å². The van der Waals surface area contributed by atoms with Crippen molar-refractivity contribution in [2.45, 2.75) is 32.4 Å². The first-order chi connectivity index (χ1) is 10.9. The molecule has 1 saturated carbocycles. The van der Waals surface area contributed by atoms with E-state index in [-0.39, 0.29) is 48.9 Å². The molecule has 124 valence electrons. The molecule has 0 N–H and O–H groups in total. The molecule has 0 aromatic heterocycles. The van der Waals surface area contributed by atoms with Crippen molar-refractivity contribution in [3.8, 4) is 0 Å². The number of carbonyl (C=O) groups excluding carboxylic acids is 2. The third-order valence-corrected chi connectivity index (χ3v) is 4.47. The van der Waals surface area contributed by atoms with Crippen LogP contribution in [0.25, 0.3) is 0 Å². The van der Waals surface area contributed by atoms with Gasteiger partial charge >= 0.3 is 5.97 Å². The lowest BCUT2D eigenvalue weighted by atomic mass is 10.1. The zero-order valence-corrected chi connectivity index (χ0v) is 12.5. The highest BCUT2D eigenvalue weighted by Gasteiger charge is 2.58. The maximum atomic E-state index is 13.8. The standard InChI is InChI=1S/C16H16F3NO3/c1-2-23-13(21)6-12-9-5-10(9)16(22)20(12)7-8-3-4-11(17)15(19)14(8)18/h3-4,9-10,12H,2,5-7H2,1H3/t9-,10+,12-/m1/s1. The third-order valence-electron chi connectivity index (χ3n) is 4.47. The number of hydrogen-bond acceptors (Lipinski definition) is 3. The van der Waals surface area contributed by atoms with Crippen LogP contribution in [0.1, 0.15) is 25.3 Å². The first-order valence-corrected chi connectivity index (χ1v) is 7.52. The molecule has 0 radical (unpaired) electrons. The van der Waals surface area contributed by atoms with E-state index in [9.17, 15) is 22.8 Å². The van der Waals surface area contributed by atoms with Crippen molar-refractivity contribution in [1.82, 2.24) is 4.90 Å². The number of fused-ring (bicyclic) bond motifs is 1. The van der Waals surface area contributed by atoms with E-state index in [0.29, 0.717) is 6.42 Å². The minimum absolute atomic E-state index is 0.0338. The predicted octanol–water partition coefficient (Wildman–Crippen LogP) is 2.40. The van der Waals surface area contributed by atoms with Crippen LogP contribution in [0.2, 0.25) is 0 Å². The van der Waals surface area contributed by atoms with Crippen LogP contribution < -0.4 is 0 Å². The van der Waals surface area contributed by atoms with Crippen molar-refractivity contribution in [3.63, 3.8) is 0 Å². The molecule has 1 aliphatic carbocycles. The van der Waals surface area contributed by atoms with Crippen LogP contribution in [0.5, 0.6) is 0 Å². The highest BCUT2D eigenvalue weighted by atomic mass is 19.2. The number of ether oxygens (including phenoxy) is 1. The fourth-order valence-corrected chi connectivity index (χ4v) is 3.25. The largest absolute Gasteiger partial charge is 0.466 e. The molecule has 0 unspecified atom stereocenters. The van der Waals surface area contributed by atoms with Crippen LogP contribution in [0.15, 0.2) is 12.1 Å². The number of amides is 1. The SMILES string of the molecule is CCOC(=O)C[C@@H]1[C@@H]2C[C@@H]2C(=O)N1Cc1ccc(F)c(F)c1F. The quantitative estimate of drug-likeness (QED) is 0.616. The average Bonchev–Trinajstić information content (AvgIpc) is 3.26. The van der Waals surface area contributed by atoms with Crippen molar-refractivity contribution in [2.75, 3.05) is 6.61 Å². The fraction of sp³-hybridized carbons (Fsp3) is 0.500. The smallest absolute Gasteiger partial charge is 0.307 e. The molecule has 1 aromatic rings. The van der Waals surface area contributed by atoms with E-state index in [0.717, 1.165) is 12.1 Å². The zero-order valence-electron chi connectivity index (χ0n) is 12.5. The summed E-state index contributed by atoms with van der Waals surface area (Å²) in [6, 6.07) is 1.57. The van der Waals surface area contributed by atoms with Crippen LogP contribution in [0.3, 0.4) is 0 Å². The Morgan fingerprint density at radius 2 is 2.04 bits per heavy atom. The number of carbonyl (C=O) groups is 2. The number of rotatable bonds is 5. The lowest BCUT2D eigenvalue weighted by Gasteiger charge is -2.27. The molecule has 2 fully saturated rings. The number of esters is 1. The molecule has 3 atom stereocenters. The van der Waals surface area contributed by atoms with Gasteiger partial charge in [0.15, 0.2) is 17.5 Å². The molecule has 1 aliphatic heterocycles. The van der Waals surface area contributed by atoms with Gasteiger partial charge in [0.25, 0.3) is 0 Å². The Labute approximate surface area is 131 Å². The summed E-state index contributed by atoms with van der Waals surface area (Å²) in [5.74, 6) is -4.82. The Balaban J connectivity index is 1.79. The van der Waals surface area contributed by atoms with Crippen LogP contribution in [0.4, 0.5) is 13.2 Å². The zero-order chi connectivity index (χ0) is 16.7. The van der Waals surface area contributed by atoms with Crippen molar-refractivity contribution in [2.24, 2.45) is 11.8 Å². The molecule has 0 bridgehead atoms.